The summed E-state index contributed by atoms with van der Waals surface area (Å²) in [6.07, 6.45) is 2.51. The van der Waals surface area contributed by atoms with E-state index < -0.39 is 0 Å². The smallest absolute Gasteiger partial charge is 0.241 e. The van der Waals surface area contributed by atoms with Gasteiger partial charge in [-0.1, -0.05) is 13.8 Å². The molecular formula is C11H21N5O. The lowest BCUT2D eigenvalue weighted by Crippen LogP contribution is -2.29. The predicted molar refractivity (Wildman–Crippen MR) is 65.1 cm³/mol. The molecule has 17 heavy (non-hydrogen) atoms. The number of hydrogen-bond donors (Lipinski definition) is 2. The van der Waals surface area contributed by atoms with Gasteiger partial charge in [-0.25, -0.2) is 9.67 Å². The highest BCUT2D eigenvalue weighted by atomic mass is 16.2. The fraction of sp³-hybridized carbons (Fsp3) is 0.727. The first-order valence-corrected chi connectivity index (χ1v) is 5.90. The largest absolute Gasteiger partial charge is 0.354 e. The molecule has 0 radical (unpaired) electrons. The molecule has 96 valence electrons. The Morgan fingerprint density at radius 3 is 2.76 bits per heavy atom. The number of rotatable bonds is 6. The van der Waals surface area contributed by atoms with Crippen LogP contribution in [0.2, 0.25) is 0 Å². The van der Waals surface area contributed by atoms with E-state index in [0.29, 0.717) is 18.3 Å². The molecule has 1 aromatic rings. The molecule has 1 atom stereocenters. The van der Waals surface area contributed by atoms with Gasteiger partial charge in [0.15, 0.2) is 5.82 Å². The summed E-state index contributed by atoms with van der Waals surface area (Å²) < 4.78 is 1.50. The number of aromatic nitrogens is 3. The minimum Gasteiger partial charge on any atom is -0.354 e. The molecule has 6 nitrogen and oxygen atoms in total. The molecule has 0 aliphatic heterocycles. The molecule has 0 spiro atoms. The first-order chi connectivity index (χ1) is 7.99. The van der Waals surface area contributed by atoms with Crippen molar-refractivity contribution in [2.75, 3.05) is 6.54 Å². The summed E-state index contributed by atoms with van der Waals surface area (Å²) in [5.74, 6) is 1.10. The second-order valence-electron chi connectivity index (χ2n) is 4.62. The highest BCUT2D eigenvalue weighted by Gasteiger charge is 2.08. The third-order valence-electron chi connectivity index (χ3n) is 2.31. The van der Waals surface area contributed by atoms with E-state index in [0.717, 1.165) is 6.42 Å². The molecule has 0 aliphatic carbocycles. The van der Waals surface area contributed by atoms with Gasteiger partial charge < -0.3 is 11.1 Å². The van der Waals surface area contributed by atoms with Gasteiger partial charge in [0.25, 0.3) is 0 Å². The first kappa shape index (κ1) is 13.6. The number of nitrogens with two attached hydrogens (primary N) is 1. The second kappa shape index (κ2) is 6.34. The third kappa shape index (κ3) is 4.95. The zero-order chi connectivity index (χ0) is 12.8. The highest BCUT2D eigenvalue weighted by molar-refractivity contribution is 5.75. The lowest BCUT2D eigenvalue weighted by atomic mass is 10.1. The first-order valence-electron chi connectivity index (χ1n) is 5.90. The van der Waals surface area contributed by atoms with E-state index in [1.165, 1.54) is 11.0 Å². The molecular weight excluding hydrogens is 218 g/mol. The third-order valence-corrected chi connectivity index (χ3v) is 2.31. The van der Waals surface area contributed by atoms with Crippen molar-refractivity contribution < 1.29 is 4.79 Å². The van der Waals surface area contributed by atoms with E-state index in [9.17, 15) is 4.79 Å². The number of nitrogens with one attached hydrogen (secondary N) is 1. The highest BCUT2D eigenvalue weighted by Crippen LogP contribution is 2.00. The van der Waals surface area contributed by atoms with Crippen LogP contribution in [0.5, 0.6) is 0 Å². The maximum absolute atomic E-state index is 11.5. The van der Waals surface area contributed by atoms with Crippen LogP contribution in [0.1, 0.15) is 39.1 Å². The maximum Gasteiger partial charge on any atom is 0.241 e. The van der Waals surface area contributed by atoms with Gasteiger partial charge in [-0.15, -0.1) is 0 Å². The van der Waals surface area contributed by atoms with Crippen molar-refractivity contribution in [2.24, 2.45) is 11.7 Å². The van der Waals surface area contributed by atoms with Gasteiger partial charge in [-0.2, -0.15) is 5.10 Å². The molecule has 1 rings (SSSR count). The molecule has 6 heteroatoms. The van der Waals surface area contributed by atoms with Crippen molar-refractivity contribution in [1.82, 2.24) is 20.1 Å². The quantitative estimate of drug-likeness (QED) is 0.755. The van der Waals surface area contributed by atoms with Crippen LogP contribution < -0.4 is 11.1 Å². The summed E-state index contributed by atoms with van der Waals surface area (Å²) in [6.45, 7) is 6.95. The molecule has 0 saturated heterocycles. The van der Waals surface area contributed by atoms with Crippen molar-refractivity contribution in [3.63, 3.8) is 0 Å². The van der Waals surface area contributed by atoms with Gasteiger partial charge in [-0.05, 0) is 19.3 Å². The molecule has 1 heterocycles. The van der Waals surface area contributed by atoms with Crippen molar-refractivity contribution in [1.29, 1.82) is 0 Å². The van der Waals surface area contributed by atoms with Crippen LogP contribution in [0.3, 0.4) is 0 Å². The Morgan fingerprint density at radius 1 is 1.53 bits per heavy atom. The molecule has 1 unspecified atom stereocenters. The monoisotopic (exact) mass is 239 g/mol. The standard InChI is InChI=1S/C11H21N5O/c1-8(2)4-5-13-10(17)6-16-7-14-11(15-16)9(3)12/h7-9H,4-6,12H2,1-3H3,(H,13,17). The molecule has 1 aromatic heterocycles. The van der Waals surface area contributed by atoms with Gasteiger partial charge in [-0.3, -0.25) is 4.79 Å². The van der Waals surface area contributed by atoms with Crippen LogP contribution in [-0.4, -0.2) is 27.2 Å². The molecule has 0 saturated carbocycles. The van der Waals surface area contributed by atoms with Crippen LogP contribution in [0.25, 0.3) is 0 Å². The lowest BCUT2D eigenvalue weighted by molar-refractivity contribution is -0.121. The molecule has 0 bridgehead atoms. The van der Waals surface area contributed by atoms with Crippen LogP contribution in [0, 0.1) is 5.92 Å². The van der Waals surface area contributed by atoms with Gasteiger partial charge in [0.2, 0.25) is 5.91 Å². The van der Waals surface area contributed by atoms with Gasteiger partial charge in [0, 0.05) is 6.54 Å². The van der Waals surface area contributed by atoms with Crippen molar-refractivity contribution in [3.05, 3.63) is 12.2 Å². The average molecular weight is 239 g/mol. The number of carbonyl (C=O) groups is 1. The van der Waals surface area contributed by atoms with E-state index in [1.54, 1.807) is 0 Å². The number of carbonyl (C=O) groups excluding carboxylic acids is 1. The van der Waals surface area contributed by atoms with E-state index in [-0.39, 0.29) is 18.5 Å². The van der Waals surface area contributed by atoms with Crippen LogP contribution in [0.15, 0.2) is 6.33 Å². The predicted octanol–water partition coefficient (Wildman–Crippen LogP) is 0.460. The van der Waals surface area contributed by atoms with Gasteiger partial charge >= 0.3 is 0 Å². The van der Waals surface area contributed by atoms with Crippen molar-refractivity contribution in [2.45, 2.75) is 39.8 Å². The van der Waals surface area contributed by atoms with E-state index in [4.69, 9.17) is 5.73 Å². The van der Waals surface area contributed by atoms with Crippen LogP contribution in [-0.2, 0) is 11.3 Å². The summed E-state index contributed by atoms with van der Waals surface area (Å²) in [5.41, 5.74) is 5.63. The molecule has 0 fully saturated rings. The molecule has 0 aromatic carbocycles. The van der Waals surface area contributed by atoms with Gasteiger partial charge in [0.05, 0.1) is 6.04 Å². The Hall–Kier alpha value is -1.43. The van der Waals surface area contributed by atoms with Crippen LogP contribution >= 0.6 is 0 Å². The Labute approximate surface area is 102 Å². The van der Waals surface area contributed by atoms with Crippen molar-refractivity contribution in [3.8, 4) is 0 Å². The molecule has 0 aliphatic rings. The Balaban J connectivity index is 2.34. The van der Waals surface area contributed by atoms with Gasteiger partial charge in [0.1, 0.15) is 12.9 Å². The van der Waals surface area contributed by atoms with E-state index in [2.05, 4.69) is 29.2 Å². The summed E-state index contributed by atoms with van der Waals surface area (Å²) in [4.78, 5) is 15.6. The average Bonchev–Trinajstić information content (AvgIpc) is 2.65. The summed E-state index contributed by atoms with van der Waals surface area (Å²) in [7, 11) is 0. The number of nitrogens with zero attached hydrogens (tertiary/aromatic N) is 3. The fourth-order valence-corrected chi connectivity index (χ4v) is 1.30. The number of amides is 1. The molecule has 3 N–H and O–H groups in total. The van der Waals surface area contributed by atoms with Crippen molar-refractivity contribution >= 4 is 5.91 Å². The van der Waals surface area contributed by atoms with E-state index in [1.807, 2.05) is 6.92 Å². The maximum atomic E-state index is 11.5. The van der Waals surface area contributed by atoms with Crippen LogP contribution in [0.4, 0.5) is 0 Å². The summed E-state index contributed by atoms with van der Waals surface area (Å²) >= 11 is 0. The topological polar surface area (TPSA) is 85.8 Å². The zero-order valence-corrected chi connectivity index (χ0v) is 10.7. The zero-order valence-electron chi connectivity index (χ0n) is 10.7. The fourth-order valence-electron chi connectivity index (χ4n) is 1.30. The Morgan fingerprint density at radius 2 is 2.24 bits per heavy atom. The normalized spacial score (nSPS) is 12.8. The second-order valence-corrected chi connectivity index (χ2v) is 4.62. The van der Waals surface area contributed by atoms with E-state index >= 15 is 0 Å². The summed E-state index contributed by atoms with van der Waals surface area (Å²) in [5, 5.41) is 6.95. The number of hydrogen-bond acceptors (Lipinski definition) is 4. The summed E-state index contributed by atoms with van der Waals surface area (Å²) in [6, 6.07) is -0.208. The molecule has 1 amide bonds. The lowest BCUT2D eigenvalue weighted by Gasteiger charge is -2.06. The minimum atomic E-state index is -0.208. The SMILES string of the molecule is CC(C)CCNC(=O)Cn1cnc(C(C)N)n1. The Bertz CT molecular complexity index is 358. The Kier molecular flexibility index (Phi) is 5.09. The minimum absolute atomic E-state index is 0.0493.